The van der Waals surface area contributed by atoms with Gasteiger partial charge in [-0.25, -0.2) is 4.79 Å². The molecule has 0 amide bonds. The first-order valence-electron chi connectivity index (χ1n) is 6.02. The molecule has 0 N–H and O–H groups in total. The zero-order chi connectivity index (χ0) is 12.6. The standard InChI is InChI=1S/C15H14O3/c1-2-3-10-17-14(16)15-9-8-13(18-15)11-6-4-5-7-12(11)15/h2,4-9,13H,1,3,10H2/t13-,15+/m0/s1. The summed E-state index contributed by atoms with van der Waals surface area (Å²) in [6.07, 6.45) is 5.97. The fourth-order valence-electron chi connectivity index (χ4n) is 2.47. The van der Waals surface area contributed by atoms with Crippen molar-refractivity contribution >= 4 is 5.97 Å². The fraction of sp³-hybridized carbons (Fsp3) is 0.267. The van der Waals surface area contributed by atoms with Crippen LogP contribution < -0.4 is 0 Å². The van der Waals surface area contributed by atoms with Crippen LogP contribution >= 0.6 is 0 Å². The summed E-state index contributed by atoms with van der Waals surface area (Å²) in [7, 11) is 0. The highest BCUT2D eigenvalue weighted by atomic mass is 16.6. The number of benzene rings is 1. The minimum Gasteiger partial charge on any atom is -0.463 e. The molecule has 0 aliphatic carbocycles. The van der Waals surface area contributed by atoms with Crippen LogP contribution in [0.2, 0.25) is 0 Å². The molecule has 0 fully saturated rings. The second-order valence-corrected chi connectivity index (χ2v) is 4.43. The maximum atomic E-state index is 12.2. The van der Waals surface area contributed by atoms with Crippen molar-refractivity contribution in [1.82, 2.24) is 0 Å². The molecule has 18 heavy (non-hydrogen) atoms. The number of fused-ring (bicyclic) bond motifs is 5. The second-order valence-electron chi connectivity index (χ2n) is 4.43. The molecule has 0 saturated heterocycles. The van der Waals surface area contributed by atoms with Gasteiger partial charge in [-0.3, -0.25) is 0 Å². The van der Waals surface area contributed by atoms with Gasteiger partial charge in [0, 0.05) is 5.56 Å². The molecule has 0 saturated carbocycles. The molecule has 3 heteroatoms. The summed E-state index contributed by atoms with van der Waals surface area (Å²) in [5.41, 5.74) is 0.935. The Morgan fingerprint density at radius 2 is 2.33 bits per heavy atom. The Kier molecular flexibility index (Phi) is 2.56. The lowest BCUT2D eigenvalue weighted by Crippen LogP contribution is -2.34. The smallest absolute Gasteiger partial charge is 0.347 e. The zero-order valence-electron chi connectivity index (χ0n) is 9.96. The number of esters is 1. The SMILES string of the molecule is C=CCCOC(=O)[C@]12C=C[C@H](O1)c1ccccc12. The van der Waals surface area contributed by atoms with Gasteiger partial charge in [-0.05, 0) is 18.1 Å². The van der Waals surface area contributed by atoms with E-state index in [9.17, 15) is 4.79 Å². The molecule has 92 valence electrons. The molecular formula is C15H14O3. The lowest BCUT2D eigenvalue weighted by atomic mass is 9.87. The first kappa shape index (κ1) is 11.2. The number of ether oxygens (including phenoxy) is 2. The van der Waals surface area contributed by atoms with Crippen LogP contribution in [0.25, 0.3) is 0 Å². The average Bonchev–Trinajstić information content (AvgIpc) is 2.97. The van der Waals surface area contributed by atoms with Gasteiger partial charge in [-0.2, -0.15) is 0 Å². The number of hydrogen-bond donors (Lipinski definition) is 0. The largest absolute Gasteiger partial charge is 0.463 e. The highest BCUT2D eigenvalue weighted by Gasteiger charge is 2.53. The summed E-state index contributed by atoms with van der Waals surface area (Å²) in [5.74, 6) is -0.340. The number of rotatable bonds is 4. The molecule has 2 atom stereocenters. The van der Waals surface area contributed by atoms with Gasteiger partial charge < -0.3 is 9.47 Å². The molecule has 2 heterocycles. The van der Waals surface area contributed by atoms with Gasteiger partial charge >= 0.3 is 5.97 Å². The van der Waals surface area contributed by atoms with E-state index in [1.807, 2.05) is 30.3 Å². The molecule has 0 aromatic heterocycles. The van der Waals surface area contributed by atoms with Gasteiger partial charge in [0.15, 0.2) is 0 Å². The van der Waals surface area contributed by atoms with Gasteiger partial charge in [0.1, 0.15) is 6.10 Å². The predicted molar refractivity (Wildman–Crippen MR) is 66.9 cm³/mol. The Morgan fingerprint density at radius 3 is 3.17 bits per heavy atom. The first-order chi connectivity index (χ1) is 8.78. The van der Waals surface area contributed by atoms with Crippen molar-refractivity contribution in [3.05, 3.63) is 60.2 Å². The van der Waals surface area contributed by atoms with Gasteiger partial charge in [0.25, 0.3) is 0 Å². The Morgan fingerprint density at radius 1 is 1.50 bits per heavy atom. The van der Waals surface area contributed by atoms with E-state index in [0.29, 0.717) is 13.0 Å². The van der Waals surface area contributed by atoms with Crippen LogP contribution in [0.15, 0.2) is 49.1 Å². The van der Waals surface area contributed by atoms with Crippen LogP contribution in [0.1, 0.15) is 23.7 Å². The number of carbonyl (C=O) groups excluding carboxylic acids is 1. The minimum absolute atomic E-state index is 0.117. The van der Waals surface area contributed by atoms with Crippen molar-refractivity contribution in [2.24, 2.45) is 0 Å². The number of hydrogen-bond acceptors (Lipinski definition) is 3. The summed E-state index contributed by atoms with van der Waals surface area (Å²) >= 11 is 0. The van der Waals surface area contributed by atoms with Crippen LogP contribution in [0.4, 0.5) is 0 Å². The molecule has 2 aliphatic heterocycles. The monoisotopic (exact) mass is 242 g/mol. The molecule has 1 aromatic rings. The van der Waals surface area contributed by atoms with E-state index in [1.54, 1.807) is 12.2 Å². The highest BCUT2D eigenvalue weighted by molar-refractivity contribution is 5.86. The van der Waals surface area contributed by atoms with Crippen LogP contribution in [0.3, 0.4) is 0 Å². The average molecular weight is 242 g/mol. The van der Waals surface area contributed by atoms with E-state index < -0.39 is 5.60 Å². The maximum absolute atomic E-state index is 12.2. The molecule has 0 spiro atoms. The number of carbonyl (C=O) groups is 1. The molecule has 3 rings (SSSR count). The van der Waals surface area contributed by atoms with E-state index in [1.165, 1.54) is 0 Å². The Labute approximate surface area is 106 Å². The molecule has 2 bridgehead atoms. The van der Waals surface area contributed by atoms with Crippen LogP contribution in [0.5, 0.6) is 0 Å². The van der Waals surface area contributed by atoms with Crippen molar-refractivity contribution in [2.75, 3.05) is 6.61 Å². The summed E-state index contributed by atoms with van der Waals surface area (Å²) in [6.45, 7) is 3.94. The topological polar surface area (TPSA) is 35.5 Å². The fourth-order valence-corrected chi connectivity index (χ4v) is 2.47. The lowest BCUT2D eigenvalue weighted by Gasteiger charge is -2.21. The van der Waals surface area contributed by atoms with Crippen molar-refractivity contribution in [1.29, 1.82) is 0 Å². The van der Waals surface area contributed by atoms with E-state index in [4.69, 9.17) is 9.47 Å². The van der Waals surface area contributed by atoms with E-state index in [0.717, 1.165) is 11.1 Å². The van der Waals surface area contributed by atoms with E-state index >= 15 is 0 Å². The highest BCUT2D eigenvalue weighted by Crippen LogP contribution is 2.50. The molecule has 3 nitrogen and oxygen atoms in total. The first-order valence-corrected chi connectivity index (χ1v) is 6.02. The lowest BCUT2D eigenvalue weighted by molar-refractivity contribution is -0.165. The van der Waals surface area contributed by atoms with Gasteiger partial charge in [0.2, 0.25) is 5.60 Å². The summed E-state index contributed by atoms with van der Waals surface area (Å²) in [6, 6.07) is 7.78. The summed E-state index contributed by atoms with van der Waals surface area (Å²) in [5, 5.41) is 0. The zero-order valence-corrected chi connectivity index (χ0v) is 9.96. The predicted octanol–water partition coefficient (Wildman–Crippen LogP) is 2.64. The summed E-state index contributed by atoms with van der Waals surface area (Å²) in [4.78, 5) is 12.2. The van der Waals surface area contributed by atoms with Crippen molar-refractivity contribution < 1.29 is 14.3 Å². The third kappa shape index (κ3) is 1.44. The Hall–Kier alpha value is -1.87. The molecule has 0 radical (unpaired) electrons. The maximum Gasteiger partial charge on any atom is 0.347 e. The summed E-state index contributed by atoms with van der Waals surface area (Å²) < 4.78 is 11.1. The van der Waals surface area contributed by atoms with E-state index in [-0.39, 0.29) is 12.1 Å². The Bertz CT molecular complexity index is 532. The molecule has 0 unspecified atom stereocenters. The molecule has 2 aliphatic rings. The minimum atomic E-state index is -1.03. The van der Waals surface area contributed by atoms with E-state index in [2.05, 4.69) is 6.58 Å². The Balaban J connectivity index is 1.89. The van der Waals surface area contributed by atoms with Gasteiger partial charge in [-0.1, -0.05) is 36.4 Å². The quantitative estimate of drug-likeness (QED) is 0.462. The normalized spacial score (nSPS) is 27.0. The second kappa shape index (κ2) is 4.10. The van der Waals surface area contributed by atoms with Crippen LogP contribution in [-0.4, -0.2) is 12.6 Å². The van der Waals surface area contributed by atoms with Gasteiger partial charge in [-0.15, -0.1) is 6.58 Å². The molecule has 1 aromatic carbocycles. The van der Waals surface area contributed by atoms with Gasteiger partial charge in [0.05, 0.1) is 6.61 Å². The molecular weight excluding hydrogens is 228 g/mol. The van der Waals surface area contributed by atoms with Crippen molar-refractivity contribution in [2.45, 2.75) is 18.1 Å². The van der Waals surface area contributed by atoms with Crippen molar-refractivity contribution in [3.8, 4) is 0 Å². The van der Waals surface area contributed by atoms with Crippen LogP contribution in [-0.2, 0) is 19.9 Å². The van der Waals surface area contributed by atoms with Crippen molar-refractivity contribution in [3.63, 3.8) is 0 Å². The van der Waals surface area contributed by atoms with Crippen LogP contribution in [0, 0.1) is 0 Å². The third-order valence-electron chi connectivity index (χ3n) is 3.34. The third-order valence-corrected chi connectivity index (χ3v) is 3.34.